The molecule has 0 atom stereocenters. The number of phenolic OH excluding ortho intramolecular Hbond substituents is 1. The van der Waals surface area contributed by atoms with Crippen LogP contribution < -0.4 is 49.3 Å². The van der Waals surface area contributed by atoms with Crippen molar-refractivity contribution in [2.75, 3.05) is 5.73 Å². The average molecular weight is 444 g/mol. The van der Waals surface area contributed by atoms with E-state index < -0.39 is 15.7 Å². The van der Waals surface area contributed by atoms with Crippen LogP contribution in [-0.2, 0) is 0 Å². The van der Waals surface area contributed by atoms with Crippen molar-refractivity contribution in [2.45, 2.75) is 0 Å². The number of nitrogen functional groups attached to an aromatic ring is 1. The van der Waals surface area contributed by atoms with E-state index in [0.717, 1.165) is 0 Å². The van der Waals surface area contributed by atoms with E-state index in [9.17, 15) is 10.1 Å². The summed E-state index contributed by atoms with van der Waals surface area (Å²) in [6, 6.07) is 10.6. The van der Waals surface area contributed by atoms with Gasteiger partial charge in [0, 0.05) is 11.1 Å². The summed E-state index contributed by atoms with van der Waals surface area (Å²) in [5, 5.41) is 19.7. The molecule has 2 rings (SSSR count). The van der Waals surface area contributed by atoms with Gasteiger partial charge in [0.25, 0.3) is 5.69 Å². The molecule has 0 fully saturated rings. The first kappa shape index (κ1) is 29.3. The molecular formula is C12H11Cl4N2NaO6. The molecular weight excluding hydrogens is 433 g/mol. The van der Waals surface area contributed by atoms with Crippen LogP contribution in [0.25, 0.3) is 0 Å². The predicted octanol–water partition coefficient (Wildman–Crippen LogP) is -2.27. The van der Waals surface area contributed by atoms with Crippen LogP contribution in [0.3, 0.4) is 0 Å². The van der Waals surface area contributed by atoms with Gasteiger partial charge in [-0.1, -0.05) is 35.3 Å². The van der Waals surface area contributed by atoms with Gasteiger partial charge in [-0.05, 0) is 24.3 Å². The summed E-state index contributed by atoms with van der Waals surface area (Å²) in [6.45, 7) is 0. The van der Waals surface area contributed by atoms with Crippen molar-refractivity contribution in [2.24, 2.45) is 0 Å². The molecule has 2 aromatic rings. The molecule has 0 aromatic heterocycles. The van der Waals surface area contributed by atoms with E-state index in [1.54, 1.807) is 18.2 Å². The first-order chi connectivity index (χ1) is 10.6. The molecule has 0 aliphatic rings. The number of nitrogens with zero attached hydrogens (tertiary/aromatic N) is 1. The standard InChI is InChI=1S/C6H4ClNO2.C6H6ClNO.ClO3.ClH.Na/c7-5-3-1-2-4-6(5)8(9)10;7-4-1-2-6(9)5(8)3-4;2-1(3)4;;/h1-4H;1-3,9H,8H2;;1H;/q;;-1;;+1. The van der Waals surface area contributed by atoms with E-state index in [2.05, 4.69) is 0 Å². The van der Waals surface area contributed by atoms with Gasteiger partial charge in [-0.3, -0.25) is 10.1 Å². The SMILES string of the molecule is Cl.Nc1cc(Cl)ccc1O.O=[N+]([O-])c1ccccc1Cl.[Na+].[O-][Cl+2]([O-])[O-]. The number of hydrogen-bond acceptors (Lipinski definition) is 7. The Balaban J connectivity index is -0.000000302. The van der Waals surface area contributed by atoms with Gasteiger partial charge >= 0.3 is 29.6 Å². The van der Waals surface area contributed by atoms with Crippen molar-refractivity contribution in [3.63, 3.8) is 0 Å². The summed E-state index contributed by atoms with van der Waals surface area (Å²) >= 11 is 11.0. The Morgan fingerprint density at radius 2 is 1.56 bits per heavy atom. The quantitative estimate of drug-likeness (QED) is 0.165. The molecule has 25 heavy (non-hydrogen) atoms. The van der Waals surface area contributed by atoms with Gasteiger partial charge in [0.2, 0.25) is 0 Å². The van der Waals surface area contributed by atoms with E-state index in [0.29, 0.717) is 10.7 Å². The van der Waals surface area contributed by atoms with Crippen LogP contribution in [0.1, 0.15) is 0 Å². The molecule has 0 bridgehead atoms. The number of anilines is 1. The van der Waals surface area contributed by atoms with Gasteiger partial charge in [-0.2, -0.15) is 0 Å². The van der Waals surface area contributed by atoms with E-state index in [1.165, 1.54) is 24.3 Å². The Hall–Kier alpha value is -0.520. The Morgan fingerprint density at radius 3 is 1.88 bits per heavy atom. The normalized spacial score (nSPS) is 8.56. The fourth-order valence-corrected chi connectivity index (χ4v) is 1.51. The zero-order valence-electron chi connectivity index (χ0n) is 12.6. The predicted molar refractivity (Wildman–Crippen MR) is 82.9 cm³/mol. The molecule has 0 heterocycles. The minimum Gasteiger partial charge on any atom is -0.506 e. The minimum atomic E-state index is -2.85. The molecule has 2 aromatic carbocycles. The summed E-state index contributed by atoms with van der Waals surface area (Å²) in [6.07, 6.45) is 0. The topological polar surface area (TPSA) is 159 Å². The number of hydrogen-bond donors (Lipinski definition) is 2. The van der Waals surface area contributed by atoms with E-state index in [1.807, 2.05) is 0 Å². The second-order valence-corrected chi connectivity index (χ2v) is 4.82. The Morgan fingerprint density at radius 1 is 1.08 bits per heavy atom. The number of phenols is 1. The van der Waals surface area contributed by atoms with Gasteiger partial charge < -0.3 is 24.8 Å². The molecule has 13 heteroatoms. The molecule has 3 N–H and O–H groups in total. The molecule has 0 aliphatic carbocycles. The van der Waals surface area contributed by atoms with Crippen LogP contribution in [-0.4, -0.2) is 10.0 Å². The number of nitrogens with two attached hydrogens (primary N) is 1. The van der Waals surface area contributed by atoms with Crippen molar-refractivity contribution in [3.8, 4) is 5.75 Å². The summed E-state index contributed by atoms with van der Waals surface area (Å²) in [5.41, 5.74) is 5.54. The summed E-state index contributed by atoms with van der Waals surface area (Å²) < 4.78 is 25.2. The molecule has 0 unspecified atom stereocenters. The van der Waals surface area contributed by atoms with Gasteiger partial charge in [0.15, 0.2) is 0 Å². The van der Waals surface area contributed by atoms with Crippen molar-refractivity contribution in [1.82, 2.24) is 0 Å². The number of halogens is 4. The average Bonchev–Trinajstić information content (AvgIpc) is 2.43. The van der Waals surface area contributed by atoms with Crippen LogP contribution in [0.15, 0.2) is 42.5 Å². The zero-order chi connectivity index (χ0) is 18.0. The third kappa shape index (κ3) is 14.3. The maximum atomic E-state index is 10.1. The van der Waals surface area contributed by atoms with Gasteiger partial charge in [-0.15, -0.1) is 12.4 Å². The Kier molecular flexibility index (Phi) is 18.4. The first-order valence-electron chi connectivity index (χ1n) is 5.51. The molecule has 8 nitrogen and oxygen atoms in total. The maximum absolute atomic E-state index is 10.1. The minimum absolute atomic E-state index is 0. The second kappa shape index (κ2) is 15.7. The summed E-state index contributed by atoms with van der Waals surface area (Å²) in [4.78, 5) is 9.63. The molecule has 0 spiro atoms. The fraction of sp³-hybridized carbons (Fsp3) is 0. The van der Waals surface area contributed by atoms with E-state index in [4.69, 9.17) is 48.0 Å². The number of benzene rings is 2. The molecule has 0 amide bonds. The van der Waals surface area contributed by atoms with Crippen LogP contribution in [0.2, 0.25) is 10.0 Å². The van der Waals surface area contributed by atoms with Crippen molar-refractivity contribution in [3.05, 3.63) is 62.6 Å². The maximum Gasteiger partial charge on any atom is 1.00 e. The molecule has 0 aliphatic heterocycles. The molecule has 0 radical (unpaired) electrons. The first-order valence-corrected chi connectivity index (χ1v) is 7.19. The number of rotatable bonds is 1. The van der Waals surface area contributed by atoms with Gasteiger partial charge in [-0.25, -0.2) is 0 Å². The smallest absolute Gasteiger partial charge is 0.506 e. The van der Waals surface area contributed by atoms with E-state index >= 15 is 0 Å². The number of aromatic hydroxyl groups is 1. The van der Waals surface area contributed by atoms with Crippen molar-refractivity contribution >= 4 is 47.0 Å². The third-order valence-corrected chi connectivity index (χ3v) is 2.59. The van der Waals surface area contributed by atoms with Gasteiger partial charge in [0.1, 0.15) is 10.8 Å². The molecule has 134 valence electrons. The number of nitro benzene ring substituents is 1. The van der Waals surface area contributed by atoms with Crippen molar-refractivity contribution in [1.29, 1.82) is 0 Å². The second-order valence-electron chi connectivity index (χ2n) is 3.60. The van der Waals surface area contributed by atoms with Crippen LogP contribution >= 0.6 is 35.6 Å². The third-order valence-electron chi connectivity index (χ3n) is 2.04. The largest absolute Gasteiger partial charge is 1.00 e. The van der Waals surface area contributed by atoms with E-state index in [-0.39, 0.29) is 58.4 Å². The monoisotopic (exact) mass is 442 g/mol. The van der Waals surface area contributed by atoms with Crippen LogP contribution in [0.5, 0.6) is 5.75 Å². The van der Waals surface area contributed by atoms with Gasteiger partial charge in [0.05, 0.1) is 21.4 Å². The molecule has 0 saturated carbocycles. The van der Waals surface area contributed by atoms with Crippen LogP contribution in [0.4, 0.5) is 11.4 Å². The Bertz CT molecular complexity index is 648. The number of para-hydroxylation sites is 1. The van der Waals surface area contributed by atoms with Crippen LogP contribution in [0, 0.1) is 20.9 Å². The van der Waals surface area contributed by atoms with Crippen molar-refractivity contribution < 1.29 is 64.3 Å². The zero-order valence-corrected chi connectivity index (χ0v) is 17.7. The molecule has 0 saturated heterocycles. The summed E-state index contributed by atoms with van der Waals surface area (Å²) in [7, 11) is -2.85. The Labute approximate surface area is 184 Å². The summed E-state index contributed by atoms with van der Waals surface area (Å²) in [5.74, 6) is 0.0689. The number of nitro groups is 1. The fourth-order valence-electron chi connectivity index (χ4n) is 1.13.